The van der Waals surface area contributed by atoms with Crippen LogP contribution in [0.25, 0.3) is 0 Å². The van der Waals surface area contributed by atoms with Gasteiger partial charge in [-0.05, 0) is 29.0 Å². The molecule has 0 spiro atoms. The van der Waals surface area contributed by atoms with Crippen LogP contribution in [0.15, 0.2) is 24.3 Å². The largest absolute Gasteiger partial charge is 0.507 e. The van der Waals surface area contributed by atoms with Crippen molar-refractivity contribution in [2.75, 3.05) is 13.7 Å². The quantitative estimate of drug-likeness (QED) is 0.616. The number of aromatic hydroxyl groups is 1. The molecular formula is C25H34ClN3O3. The molecule has 0 amide bonds. The first-order valence-electron chi connectivity index (χ1n) is 10.6. The second-order valence-electron chi connectivity index (χ2n) is 10.3. The standard InChI is InChI=1S/C25H33N3O3.ClH/c1-24(2,3)18-10-16(11-19(22(18)30)25(4,5)6)20(29)13-28-12-15-8-9-17(14-31-7)27-21(15)23(28)26;/h8-11,26,30H,12-14H2,1-7H3;1H. The molecule has 1 aliphatic heterocycles. The molecule has 0 atom stereocenters. The van der Waals surface area contributed by atoms with E-state index in [4.69, 9.17) is 10.1 Å². The lowest BCUT2D eigenvalue weighted by Gasteiger charge is -2.28. The van der Waals surface area contributed by atoms with Gasteiger partial charge in [-0.1, -0.05) is 47.6 Å². The van der Waals surface area contributed by atoms with Gasteiger partial charge in [0.1, 0.15) is 17.3 Å². The number of aromatic nitrogens is 1. The molecule has 174 valence electrons. The molecule has 2 aromatic rings. The minimum absolute atomic E-state index is 0. The van der Waals surface area contributed by atoms with Gasteiger partial charge in [0.2, 0.25) is 0 Å². The second kappa shape index (κ2) is 9.20. The number of methoxy groups -OCH3 is 1. The summed E-state index contributed by atoms with van der Waals surface area (Å²) in [5.74, 6) is 0.436. The highest BCUT2D eigenvalue weighted by molar-refractivity contribution is 6.04. The van der Waals surface area contributed by atoms with E-state index in [2.05, 4.69) is 4.98 Å². The molecule has 0 radical (unpaired) electrons. The van der Waals surface area contributed by atoms with Crippen molar-refractivity contribution in [1.82, 2.24) is 9.88 Å². The first-order chi connectivity index (χ1) is 14.3. The van der Waals surface area contributed by atoms with Gasteiger partial charge < -0.3 is 14.7 Å². The number of nitrogens with zero attached hydrogens (tertiary/aromatic N) is 2. The number of nitrogens with one attached hydrogen (secondary N) is 1. The maximum atomic E-state index is 13.3. The molecule has 1 aliphatic rings. The van der Waals surface area contributed by atoms with Crippen molar-refractivity contribution >= 4 is 24.0 Å². The van der Waals surface area contributed by atoms with E-state index in [1.54, 1.807) is 24.1 Å². The van der Waals surface area contributed by atoms with Gasteiger partial charge in [-0.3, -0.25) is 10.2 Å². The Labute approximate surface area is 196 Å². The summed E-state index contributed by atoms with van der Waals surface area (Å²) in [6.45, 7) is 13.1. The molecule has 7 heteroatoms. The van der Waals surface area contributed by atoms with E-state index in [9.17, 15) is 9.90 Å². The molecule has 3 rings (SSSR count). The van der Waals surface area contributed by atoms with Crippen molar-refractivity contribution in [1.29, 1.82) is 5.41 Å². The maximum Gasteiger partial charge on any atom is 0.182 e. The van der Waals surface area contributed by atoms with Gasteiger partial charge >= 0.3 is 0 Å². The Bertz CT molecular complexity index is 1000. The predicted octanol–water partition coefficient (Wildman–Crippen LogP) is 4.97. The molecule has 0 bridgehead atoms. The second-order valence-corrected chi connectivity index (χ2v) is 10.3. The highest BCUT2D eigenvalue weighted by Crippen LogP contribution is 2.40. The average molecular weight is 460 g/mol. The Kier molecular flexibility index (Phi) is 7.42. The van der Waals surface area contributed by atoms with Crippen LogP contribution in [-0.2, 0) is 28.7 Å². The number of hydrogen-bond donors (Lipinski definition) is 2. The number of hydrogen-bond acceptors (Lipinski definition) is 5. The van der Waals surface area contributed by atoms with E-state index in [0.717, 1.165) is 22.4 Å². The Morgan fingerprint density at radius 2 is 1.69 bits per heavy atom. The summed E-state index contributed by atoms with van der Waals surface area (Å²) in [4.78, 5) is 19.5. The lowest BCUT2D eigenvalue weighted by molar-refractivity contribution is 0.0962. The summed E-state index contributed by atoms with van der Waals surface area (Å²) >= 11 is 0. The fraction of sp³-hybridized carbons (Fsp3) is 0.480. The molecule has 0 fully saturated rings. The number of phenolic OH excluding ortho intramolecular Hbond substituents is 1. The third-order valence-electron chi connectivity index (χ3n) is 5.61. The van der Waals surface area contributed by atoms with Gasteiger partial charge in [0, 0.05) is 35.9 Å². The lowest BCUT2D eigenvalue weighted by Crippen LogP contribution is -2.31. The minimum Gasteiger partial charge on any atom is -0.507 e. The van der Waals surface area contributed by atoms with Gasteiger partial charge in [-0.15, -0.1) is 12.4 Å². The van der Waals surface area contributed by atoms with Crippen LogP contribution in [-0.4, -0.2) is 40.3 Å². The summed E-state index contributed by atoms with van der Waals surface area (Å²) in [7, 11) is 1.61. The normalized spacial score (nSPS) is 13.7. The lowest BCUT2D eigenvalue weighted by atomic mass is 9.78. The molecule has 0 saturated carbocycles. The number of pyridine rings is 1. The third kappa shape index (κ3) is 5.13. The zero-order valence-corrected chi connectivity index (χ0v) is 20.8. The van der Waals surface area contributed by atoms with Crippen molar-refractivity contribution in [2.24, 2.45) is 0 Å². The molecule has 2 N–H and O–H groups in total. The minimum atomic E-state index is -0.307. The first kappa shape index (κ1) is 25.8. The van der Waals surface area contributed by atoms with Crippen LogP contribution >= 0.6 is 12.4 Å². The topological polar surface area (TPSA) is 86.5 Å². The summed E-state index contributed by atoms with van der Waals surface area (Å²) in [5.41, 5.74) is 3.78. The Hall–Kier alpha value is -2.44. The number of rotatable bonds is 5. The van der Waals surface area contributed by atoms with Gasteiger partial charge in [-0.25, -0.2) is 4.98 Å². The fourth-order valence-electron chi connectivity index (χ4n) is 3.86. The van der Waals surface area contributed by atoms with Crippen LogP contribution in [0.4, 0.5) is 0 Å². The van der Waals surface area contributed by atoms with Crippen molar-refractivity contribution in [3.63, 3.8) is 0 Å². The molecule has 0 unspecified atom stereocenters. The smallest absolute Gasteiger partial charge is 0.182 e. The molecule has 6 nitrogen and oxygen atoms in total. The van der Waals surface area contributed by atoms with E-state index >= 15 is 0 Å². The van der Waals surface area contributed by atoms with Crippen molar-refractivity contribution < 1.29 is 14.6 Å². The number of Topliss-reactive ketones (excluding diaryl/α,β-unsaturated/α-hetero) is 1. The van der Waals surface area contributed by atoms with Gasteiger partial charge in [0.05, 0.1) is 18.8 Å². The average Bonchev–Trinajstić information content (AvgIpc) is 2.95. The first-order valence-corrected chi connectivity index (χ1v) is 10.6. The molecule has 1 aromatic heterocycles. The number of carbonyl (C=O) groups is 1. The summed E-state index contributed by atoms with van der Waals surface area (Å²) in [6, 6.07) is 7.45. The molecule has 0 aliphatic carbocycles. The SMILES string of the molecule is COCc1ccc2c(n1)C(=N)N(CC(=O)c1cc(C(C)(C)C)c(O)c(C(C)(C)C)c1)C2.Cl. The Morgan fingerprint density at radius 1 is 1.12 bits per heavy atom. The monoisotopic (exact) mass is 459 g/mol. The number of halogens is 1. The van der Waals surface area contributed by atoms with E-state index in [1.807, 2.05) is 53.7 Å². The summed E-state index contributed by atoms with van der Waals surface area (Å²) in [5, 5.41) is 19.4. The van der Waals surface area contributed by atoms with Crippen molar-refractivity contribution in [3.8, 4) is 5.75 Å². The molecule has 32 heavy (non-hydrogen) atoms. The van der Waals surface area contributed by atoms with Gasteiger partial charge in [0.15, 0.2) is 5.78 Å². The van der Waals surface area contributed by atoms with E-state index in [0.29, 0.717) is 24.4 Å². The number of phenols is 1. The number of amidine groups is 1. The number of ketones is 1. The van der Waals surface area contributed by atoms with Crippen LogP contribution in [0.5, 0.6) is 5.75 Å². The number of benzene rings is 1. The van der Waals surface area contributed by atoms with Crippen LogP contribution < -0.4 is 0 Å². The highest BCUT2D eigenvalue weighted by atomic mass is 35.5. The van der Waals surface area contributed by atoms with Crippen molar-refractivity contribution in [3.05, 3.63) is 57.9 Å². The van der Waals surface area contributed by atoms with Crippen LogP contribution in [0.3, 0.4) is 0 Å². The number of fused-ring (bicyclic) bond motifs is 1. The fourth-order valence-corrected chi connectivity index (χ4v) is 3.86. The molecular weight excluding hydrogens is 426 g/mol. The zero-order valence-electron chi connectivity index (χ0n) is 20.0. The van der Waals surface area contributed by atoms with E-state index < -0.39 is 0 Å². The van der Waals surface area contributed by atoms with Crippen LogP contribution in [0, 0.1) is 5.41 Å². The summed E-state index contributed by atoms with van der Waals surface area (Å²) < 4.78 is 5.14. The maximum absolute atomic E-state index is 13.3. The zero-order chi connectivity index (χ0) is 23.1. The molecule has 2 heterocycles. The van der Waals surface area contributed by atoms with Crippen LogP contribution in [0.2, 0.25) is 0 Å². The number of carbonyl (C=O) groups excluding carboxylic acids is 1. The van der Waals surface area contributed by atoms with Crippen LogP contribution in [0.1, 0.15) is 80.0 Å². The Balaban J connectivity index is 0.00000363. The number of ether oxygens (including phenoxy) is 1. The highest BCUT2D eigenvalue weighted by Gasteiger charge is 2.31. The summed E-state index contributed by atoms with van der Waals surface area (Å²) in [6.07, 6.45) is 0. The molecule has 0 saturated heterocycles. The van der Waals surface area contributed by atoms with E-state index in [-0.39, 0.29) is 47.2 Å². The van der Waals surface area contributed by atoms with Gasteiger partial charge in [-0.2, -0.15) is 0 Å². The Morgan fingerprint density at radius 3 is 2.19 bits per heavy atom. The van der Waals surface area contributed by atoms with E-state index in [1.165, 1.54) is 0 Å². The van der Waals surface area contributed by atoms with Crippen molar-refractivity contribution in [2.45, 2.75) is 65.5 Å². The van der Waals surface area contributed by atoms with Gasteiger partial charge in [0.25, 0.3) is 0 Å². The molecule has 1 aromatic carbocycles. The predicted molar refractivity (Wildman–Crippen MR) is 129 cm³/mol. The third-order valence-corrected chi connectivity index (χ3v) is 5.61.